The molecule has 33 heavy (non-hydrogen) atoms. The minimum Gasteiger partial charge on any atom is -0.342 e. The Balaban J connectivity index is 1.94. The maximum Gasteiger partial charge on any atom is 0.252 e. The Kier molecular flexibility index (Phi) is 7.30. The Morgan fingerprint density at radius 2 is 1.79 bits per heavy atom. The molecule has 174 valence electrons. The fourth-order valence-corrected chi connectivity index (χ4v) is 3.70. The van der Waals surface area contributed by atoms with E-state index in [1.807, 2.05) is 0 Å². The van der Waals surface area contributed by atoms with Crippen molar-refractivity contribution in [3.63, 3.8) is 0 Å². The first kappa shape index (κ1) is 24.6. The van der Waals surface area contributed by atoms with E-state index in [4.69, 9.17) is 23.2 Å². The van der Waals surface area contributed by atoms with Crippen molar-refractivity contribution in [1.29, 1.82) is 0 Å². The van der Waals surface area contributed by atoms with Gasteiger partial charge in [0.2, 0.25) is 11.9 Å². The van der Waals surface area contributed by atoms with Crippen LogP contribution in [0.5, 0.6) is 0 Å². The van der Waals surface area contributed by atoms with E-state index < -0.39 is 33.1 Å². The number of amides is 2. The minimum atomic E-state index is -3.58. The van der Waals surface area contributed by atoms with Gasteiger partial charge in [0.05, 0.1) is 10.9 Å². The molecule has 0 saturated heterocycles. The predicted molar refractivity (Wildman–Crippen MR) is 121 cm³/mol. The van der Waals surface area contributed by atoms with Gasteiger partial charge >= 0.3 is 0 Å². The molecule has 0 radical (unpaired) electrons. The average Bonchev–Trinajstić information content (AvgIpc) is 3.17. The Labute approximate surface area is 199 Å². The molecule has 3 rings (SSSR count). The number of alkyl halides is 1. The Bertz CT molecular complexity index is 1300. The van der Waals surface area contributed by atoms with Crippen LogP contribution in [0.4, 0.5) is 5.95 Å². The van der Waals surface area contributed by atoms with E-state index in [1.165, 1.54) is 42.2 Å². The van der Waals surface area contributed by atoms with Gasteiger partial charge in [-0.05, 0) is 38.1 Å². The van der Waals surface area contributed by atoms with Gasteiger partial charge in [0.15, 0.2) is 15.7 Å². The highest BCUT2D eigenvalue weighted by molar-refractivity contribution is 7.90. The maximum atomic E-state index is 12.8. The van der Waals surface area contributed by atoms with Crippen LogP contribution in [-0.4, -0.2) is 56.6 Å². The highest BCUT2D eigenvalue weighted by Gasteiger charge is 2.23. The zero-order valence-corrected chi connectivity index (χ0v) is 20.0. The zero-order valence-electron chi connectivity index (χ0n) is 17.7. The minimum absolute atomic E-state index is 0.0429. The molecule has 0 aliphatic rings. The zero-order chi connectivity index (χ0) is 24.3. The number of halogens is 2. The van der Waals surface area contributed by atoms with Crippen molar-refractivity contribution in [3.8, 4) is 5.95 Å². The fourth-order valence-electron chi connectivity index (χ4n) is 2.67. The molecule has 1 aromatic carbocycles. The van der Waals surface area contributed by atoms with Crippen LogP contribution < -0.4 is 10.6 Å². The first-order valence-electron chi connectivity index (χ1n) is 9.46. The van der Waals surface area contributed by atoms with Crippen molar-refractivity contribution in [2.45, 2.75) is 30.2 Å². The summed E-state index contributed by atoms with van der Waals surface area (Å²) >= 11 is 11.8. The molecule has 0 aliphatic heterocycles. The Hall–Kier alpha value is -3.09. The maximum absolute atomic E-state index is 12.8. The quantitative estimate of drug-likeness (QED) is 0.458. The van der Waals surface area contributed by atoms with Crippen molar-refractivity contribution in [2.24, 2.45) is 0 Å². The van der Waals surface area contributed by atoms with Gasteiger partial charge in [-0.2, -0.15) is 9.67 Å². The Morgan fingerprint density at radius 1 is 1.12 bits per heavy atom. The number of benzene rings is 1. The van der Waals surface area contributed by atoms with Crippen LogP contribution in [0.2, 0.25) is 5.02 Å². The molecule has 0 fully saturated rings. The third kappa shape index (κ3) is 6.03. The molecule has 0 bridgehead atoms. The second-order valence-corrected chi connectivity index (χ2v) is 10.1. The summed E-state index contributed by atoms with van der Waals surface area (Å²) in [4.78, 5) is 37.2. The third-order valence-electron chi connectivity index (χ3n) is 4.27. The number of hydrogen-bond donors (Lipinski definition) is 2. The van der Waals surface area contributed by atoms with E-state index in [9.17, 15) is 18.0 Å². The van der Waals surface area contributed by atoms with Gasteiger partial charge in [-0.3, -0.25) is 14.9 Å². The Morgan fingerprint density at radius 3 is 2.39 bits per heavy atom. The van der Waals surface area contributed by atoms with Gasteiger partial charge in [-0.25, -0.2) is 18.4 Å². The molecular weight excluding hydrogens is 493 g/mol. The summed E-state index contributed by atoms with van der Waals surface area (Å²) < 4.78 is 25.0. The number of carbonyl (C=O) groups excluding carboxylic acids is 2. The van der Waals surface area contributed by atoms with Gasteiger partial charge in [0.1, 0.15) is 5.38 Å². The summed E-state index contributed by atoms with van der Waals surface area (Å²) in [5, 5.41) is 8.66. The SMILES string of the molecule is CC(Cl)C(=O)Nc1nc(C(C)NC(=O)c2cc(Cl)cc(S(C)(=O)=O)c2)n(-c2ncccn2)n1. The van der Waals surface area contributed by atoms with E-state index in [0.717, 1.165) is 6.26 Å². The van der Waals surface area contributed by atoms with Crippen molar-refractivity contribution in [1.82, 2.24) is 30.0 Å². The molecule has 2 atom stereocenters. The summed E-state index contributed by atoms with van der Waals surface area (Å²) in [7, 11) is -3.58. The topological polar surface area (TPSA) is 149 Å². The number of rotatable bonds is 7. The molecular formula is C19H19Cl2N7O4S. The molecule has 0 aliphatic carbocycles. The average molecular weight is 512 g/mol. The van der Waals surface area contributed by atoms with Crippen LogP contribution in [0.1, 0.15) is 36.1 Å². The van der Waals surface area contributed by atoms with Gasteiger partial charge in [-0.1, -0.05) is 11.6 Å². The van der Waals surface area contributed by atoms with Gasteiger partial charge in [0.25, 0.3) is 11.9 Å². The van der Waals surface area contributed by atoms with E-state index in [1.54, 1.807) is 13.0 Å². The standard InChI is InChI=1S/C19H19Cl2N7O4S/c1-10(20)16(29)26-18-25-15(28(27-18)19-22-5-4-6-23-19)11(2)24-17(30)12-7-13(21)9-14(8-12)33(3,31)32/h4-11H,1-3H3,(H,24,30)(H,26,27,29). The second kappa shape index (κ2) is 9.81. The van der Waals surface area contributed by atoms with Crippen molar-refractivity contribution >= 4 is 50.8 Å². The number of sulfone groups is 1. The first-order valence-corrected chi connectivity index (χ1v) is 12.2. The van der Waals surface area contributed by atoms with Crippen LogP contribution in [0.3, 0.4) is 0 Å². The van der Waals surface area contributed by atoms with E-state index >= 15 is 0 Å². The van der Waals surface area contributed by atoms with Crippen LogP contribution in [0.15, 0.2) is 41.6 Å². The third-order valence-corrected chi connectivity index (χ3v) is 5.78. The predicted octanol–water partition coefficient (Wildman–Crippen LogP) is 2.17. The summed E-state index contributed by atoms with van der Waals surface area (Å²) in [6, 6.07) is 4.68. The fraction of sp³-hybridized carbons (Fsp3) is 0.263. The summed E-state index contributed by atoms with van der Waals surface area (Å²) in [6.45, 7) is 3.12. The molecule has 2 N–H and O–H groups in total. The monoisotopic (exact) mass is 511 g/mol. The molecule has 11 nitrogen and oxygen atoms in total. The number of hydrogen-bond acceptors (Lipinski definition) is 8. The highest BCUT2D eigenvalue weighted by Crippen LogP contribution is 2.21. The molecule has 2 unspecified atom stereocenters. The number of aromatic nitrogens is 5. The number of nitrogens with zero attached hydrogens (tertiary/aromatic N) is 5. The lowest BCUT2D eigenvalue weighted by Crippen LogP contribution is -2.29. The van der Waals surface area contributed by atoms with Crippen LogP contribution in [0, 0.1) is 0 Å². The summed E-state index contributed by atoms with van der Waals surface area (Å²) in [5.41, 5.74) is 0.0429. The van der Waals surface area contributed by atoms with E-state index in [2.05, 4.69) is 30.7 Å². The van der Waals surface area contributed by atoms with Crippen molar-refractivity contribution < 1.29 is 18.0 Å². The normalized spacial score (nSPS) is 13.2. The van der Waals surface area contributed by atoms with Crippen LogP contribution >= 0.6 is 23.2 Å². The molecule has 0 spiro atoms. The molecule has 2 aromatic heterocycles. The number of nitrogens with one attached hydrogen (secondary N) is 2. The number of carbonyl (C=O) groups is 2. The van der Waals surface area contributed by atoms with Gasteiger partial charge < -0.3 is 5.32 Å². The van der Waals surface area contributed by atoms with E-state index in [-0.39, 0.29) is 33.2 Å². The van der Waals surface area contributed by atoms with Crippen molar-refractivity contribution in [2.75, 3.05) is 11.6 Å². The van der Waals surface area contributed by atoms with Crippen molar-refractivity contribution in [3.05, 3.63) is 53.1 Å². The lowest BCUT2D eigenvalue weighted by molar-refractivity contribution is -0.115. The summed E-state index contributed by atoms with van der Waals surface area (Å²) in [6.07, 6.45) is 4.01. The molecule has 14 heteroatoms. The molecule has 3 aromatic rings. The smallest absolute Gasteiger partial charge is 0.252 e. The first-order chi connectivity index (χ1) is 15.5. The number of anilines is 1. The largest absolute Gasteiger partial charge is 0.342 e. The van der Waals surface area contributed by atoms with Crippen LogP contribution in [-0.2, 0) is 14.6 Å². The lowest BCUT2D eigenvalue weighted by atomic mass is 10.2. The summed E-state index contributed by atoms with van der Waals surface area (Å²) in [5.74, 6) is -0.810. The second-order valence-electron chi connectivity index (χ2n) is 7.00. The molecule has 0 saturated carbocycles. The molecule has 2 amide bonds. The van der Waals surface area contributed by atoms with Gasteiger partial charge in [-0.15, -0.1) is 16.7 Å². The van der Waals surface area contributed by atoms with Gasteiger partial charge in [0, 0.05) is 29.2 Å². The van der Waals surface area contributed by atoms with Crippen LogP contribution in [0.25, 0.3) is 5.95 Å². The molecule has 2 heterocycles. The highest BCUT2D eigenvalue weighted by atomic mass is 35.5. The van der Waals surface area contributed by atoms with E-state index in [0.29, 0.717) is 0 Å². The lowest BCUT2D eigenvalue weighted by Gasteiger charge is -2.14.